The van der Waals surface area contributed by atoms with Crippen molar-refractivity contribution < 1.29 is 32.3 Å². The average molecular weight is 590 g/mol. The Morgan fingerprint density at radius 1 is 1.15 bits per heavy atom. The maximum atomic E-state index is 15.5. The highest BCUT2D eigenvalue weighted by Crippen LogP contribution is 2.49. The van der Waals surface area contributed by atoms with E-state index >= 15 is 4.39 Å². The first kappa shape index (κ1) is 30.4. The second-order valence-corrected chi connectivity index (χ2v) is 11.9. The van der Waals surface area contributed by atoms with Crippen LogP contribution in [0.2, 0.25) is 0 Å². The fraction of sp³-hybridized carbons (Fsp3) is 0.393. The molecule has 3 aromatic rings. The summed E-state index contributed by atoms with van der Waals surface area (Å²) >= 11 is 0. The van der Waals surface area contributed by atoms with Crippen LogP contribution in [0.1, 0.15) is 40.3 Å². The zero-order valence-electron chi connectivity index (χ0n) is 23.1. The third-order valence-corrected chi connectivity index (χ3v) is 7.87. The minimum absolute atomic E-state index is 0.214. The monoisotopic (exact) mass is 589 g/mol. The van der Waals surface area contributed by atoms with E-state index in [4.69, 9.17) is 18.5 Å². The molecule has 41 heavy (non-hydrogen) atoms. The number of H-pyrrole nitrogens is 1. The quantitative estimate of drug-likeness (QED) is 0.247. The van der Waals surface area contributed by atoms with Gasteiger partial charge in [-0.1, -0.05) is 48.5 Å². The fourth-order valence-corrected chi connectivity index (χ4v) is 5.95. The number of nitrogens with zero attached hydrogens (tertiary/aromatic N) is 1. The molecule has 0 radical (unpaired) electrons. The molecule has 1 aliphatic rings. The van der Waals surface area contributed by atoms with Crippen LogP contribution in [0.3, 0.4) is 0 Å². The van der Waals surface area contributed by atoms with E-state index in [0.29, 0.717) is 5.56 Å². The number of carbonyl (C=O) groups is 1. The van der Waals surface area contributed by atoms with E-state index in [1.807, 2.05) is 30.3 Å². The van der Waals surface area contributed by atoms with Gasteiger partial charge in [0.05, 0.1) is 18.8 Å². The van der Waals surface area contributed by atoms with Crippen molar-refractivity contribution in [1.29, 1.82) is 0 Å². The van der Waals surface area contributed by atoms with Crippen molar-refractivity contribution in [2.75, 3.05) is 6.61 Å². The van der Waals surface area contributed by atoms with Gasteiger partial charge in [-0.15, -0.1) is 0 Å². The summed E-state index contributed by atoms with van der Waals surface area (Å²) in [5.74, 6) is -0.450. The number of hydrogen-bond acceptors (Lipinski definition) is 8. The molecule has 1 aromatic heterocycles. The maximum absolute atomic E-state index is 15.5. The lowest BCUT2D eigenvalue weighted by molar-refractivity contribution is -0.149. The van der Waals surface area contributed by atoms with Gasteiger partial charge >= 0.3 is 19.4 Å². The number of hydrogen-bond donors (Lipinski definition) is 2. The molecule has 0 saturated carbocycles. The first-order valence-corrected chi connectivity index (χ1v) is 14.6. The molecule has 0 amide bonds. The number of halogens is 1. The summed E-state index contributed by atoms with van der Waals surface area (Å²) in [5, 5.41) is 2.62. The largest absolute Gasteiger partial charge is 0.462 e. The molecule has 2 aromatic carbocycles. The van der Waals surface area contributed by atoms with Crippen LogP contribution in [0.15, 0.2) is 76.4 Å². The third kappa shape index (κ3) is 7.59. The Morgan fingerprint density at radius 2 is 1.83 bits per heavy atom. The van der Waals surface area contributed by atoms with Crippen molar-refractivity contribution in [2.24, 2.45) is 0 Å². The number of rotatable bonds is 11. The zero-order chi connectivity index (χ0) is 29.8. The van der Waals surface area contributed by atoms with Gasteiger partial charge < -0.3 is 14.0 Å². The number of aromatic nitrogens is 2. The maximum Gasteiger partial charge on any atom is 0.459 e. The molecule has 1 unspecified atom stereocenters. The van der Waals surface area contributed by atoms with Gasteiger partial charge in [0.15, 0.2) is 11.9 Å². The third-order valence-electron chi connectivity index (χ3n) is 6.24. The SMILES string of the molecule is CC(C)OC(=O)[C@H](C)NP(=O)(OC[C@@H]1C[C@@](C)(F)[C@H](n2ccc(=O)[nH]c2=O)O1)Oc1ccccc1-c1ccccc1. The Kier molecular flexibility index (Phi) is 9.28. The summed E-state index contributed by atoms with van der Waals surface area (Å²) in [5.41, 5.74) is -2.07. The molecule has 1 fully saturated rings. The van der Waals surface area contributed by atoms with Crippen molar-refractivity contribution >= 4 is 13.7 Å². The standard InChI is InChI=1S/C28H33FN3O8P/c1-18(2)38-25(34)19(3)31-41(36,40-23-13-9-8-12-22(23)20-10-6-5-7-11-20)37-17-21-16-28(4,29)26(39-21)32-15-14-24(33)30-27(32)35/h5-15,18-19,21,26H,16-17H2,1-4H3,(H,31,36)(H,30,33,35)/t19-,21-,26+,28+,41?/m0/s1. The van der Waals surface area contributed by atoms with Crippen molar-refractivity contribution in [3.8, 4) is 16.9 Å². The molecular weight excluding hydrogens is 556 g/mol. The smallest absolute Gasteiger partial charge is 0.459 e. The Hall–Kier alpha value is -3.57. The van der Waals surface area contributed by atoms with E-state index in [9.17, 15) is 18.9 Å². The van der Waals surface area contributed by atoms with Crippen LogP contribution in [-0.4, -0.2) is 46.0 Å². The Bertz CT molecular complexity index is 1520. The van der Waals surface area contributed by atoms with Crippen LogP contribution >= 0.6 is 7.75 Å². The molecule has 0 aliphatic carbocycles. The summed E-state index contributed by atoms with van der Waals surface area (Å²) in [6.45, 7) is 5.67. The number of aromatic amines is 1. The topological polar surface area (TPSA) is 138 Å². The van der Waals surface area contributed by atoms with E-state index in [1.165, 1.54) is 13.8 Å². The van der Waals surface area contributed by atoms with Crippen molar-refractivity contribution in [3.63, 3.8) is 0 Å². The molecule has 13 heteroatoms. The molecule has 2 heterocycles. The normalized spacial score (nSPS) is 22.7. The lowest BCUT2D eigenvalue weighted by Crippen LogP contribution is -2.38. The zero-order valence-corrected chi connectivity index (χ0v) is 24.0. The number of para-hydroxylation sites is 1. The second-order valence-electron chi connectivity index (χ2n) is 10.2. The van der Waals surface area contributed by atoms with Crippen molar-refractivity contribution in [2.45, 2.75) is 64.3 Å². The highest BCUT2D eigenvalue weighted by molar-refractivity contribution is 7.52. The van der Waals surface area contributed by atoms with E-state index in [2.05, 4.69) is 10.1 Å². The Labute approximate surface area is 236 Å². The van der Waals surface area contributed by atoms with Gasteiger partial charge in [0.1, 0.15) is 11.8 Å². The molecule has 1 saturated heterocycles. The first-order chi connectivity index (χ1) is 19.4. The molecular formula is C28H33FN3O8P. The number of ether oxygens (including phenoxy) is 2. The first-order valence-electron chi connectivity index (χ1n) is 13.1. The van der Waals surface area contributed by atoms with Crippen LogP contribution in [0.4, 0.5) is 4.39 Å². The van der Waals surface area contributed by atoms with Gasteiger partial charge in [-0.2, -0.15) is 5.09 Å². The van der Waals surface area contributed by atoms with Crippen LogP contribution in [0, 0.1) is 0 Å². The fourth-order valence-electron chi connectivity index (χ4n) is 4.41. The van der Waals surface area contributed by atoms with Gasteiger partial charge in [-0.3, -0.25) is 23.7 Å². The number of nitrogens with one attached hydrogen (secondary N) is 2. The van der Waals surface area contributed by atoms with Gasteiger partial charge in [0.25, 0.3) is 5.56 Å². The number of carbonyl (C=O) groups excluding carboxylic acids is 1. The molecule has 0 spiro atoms. The molecule has 1 aliphatic heterocycles. The highest BCUT2D eigenvalue weighted by Gasteiger charge is 2.48. The second kappa shape index (κ2) is 12.5. The average Bonchev–Trinajstić information content (AvgIpc) is 3.21. The van der Waals surface area contributed by atoms with Crippen LogP contribution < -0.4 is 20.9 Å². The van der Waals surface area contributed by atoms with E-state index in [1.54, 1.807) is 38.1 Å². The predicted octanol–water partition coefficient (Wildman–Crippen LogP) is 4.35. The summed E-state index contributed by atoms with van der Waals surface area (Å²) in [6.07, 6.45) is -1.80. The van der Waals surface area contributed by atoms with Gasteiger partial charge in [-0.25, -0.2) is 13.8 Å². The summed E-state index contributed by atoms with van der Waals surface area (Å²) in [4.78, 5) is 38.3. The number of benzene rings is 2. The van der Waals surface area contributed by atoms with Crippen molar-refractivity contribution in [3.05, 3.63) is 87.7 Å². The van der Waals surface area contributed by atoms with Gasteiger partial charge in [0, 0.05) is 24.2 Å². The molecule has 2 N–H and O–H groups in total. The lowest BCUT2D eigenvalue weighted by atomic mass is 10.0. The summed E-state index contributed by atoms with van der Waals surface area (Å²) in [7, 11) is -4.31. The minimum Gasteiger partial charge on any atom is -0.462 e. The molecule has 5 atom stereocenters. The number of esters is 1. The molecule has 220 valence electrons. The number of alkyl halides is 1. The lowest BCUT2D eigenvalue weighted by Gasteiger charge is -2.25. The van der Waals surface area contributed by atoms with Crippen LogP contribution in [0.25, 0.3) is 11.1 Å². The predicted molar refractivity (Wildman–Crippen MR) is 149 cm³/mol. The molecule has 11 nitrogen and oxygen atoms in total. The molecule has 0 bridgehead atoms. The summed E-state index contributed by atoms with van der Waals surface area (Å²) in [6, 6.07) is 16.2. The Morgan fingerprint density at radius 3 is 2.51 bits per heavy atom. The van der Waals surface area contributed by atoms with Gasteiger partial charge in [0.2, 0.25) is 0 Å². The minimum atomic E-state index is -4.31. The van der Waals surface area contributed by atoms with E-state index < -0.39 is 61.7 Å². The van der Waals surface area contributed by atoms with Crippen molar-refractivity contribution in [1.82, 2.24) is 14.6 Å². The molecule has 4 rings (SSSR count). The van der Waals surface area contributed by atoms with Crippen LogP contribution in [0.5, 0.6) is 5.75 Å². The Balaban J connectivity index is 1.58. The van der Waals surface area contributed by atoms with Gasteiger partial charge in [-0.05, 0) is 39.3 Å². The van der Waals surface area contributed by atoms with Crippen LogP contribution in [-0.2, 0) is 23.4 Å². The highest BCUT2D eigenvalue weighted by atomic mass is 31.2. The van der Waals surface area contributed by atoms with E-state index in [0.717, 1.165) is 22.4 Å². The van der Waals surface area contributed by atoms with E-state index in [-0.39, 0.29) is 12.2 Å². The summed E-state index contributed by atoms with van der Waals surface area (Å²) < 4.78 is 53.3.